The predicted molar refractivity (Wildman–Crippen MR) is 32.4 cm³/mol. The molecule has 0 spiro atoms. The zero-order chi connectivity index (χ0) is 5.98. The van der Waals surface area contributed by atoms with Gasteiger partial charge in [0.05, 0.1) is 0 Å². The third-order valence-corrected chi connectivity index (χ3v) is 1.66. The van der Waals surface area contributed by atoms with Gasteiger partial charge < -0.3 is 0 Å². The van der Waals surface area contributed by atoms with Crippen molar-refractivity contribution in [3.8, 4) is 0 Å². The number of rotatable bonds is 0. The fraction of sp³-hybridized carbons (Fsp3) is 0.714. The van der Waals surface area contributed by atoms with Crippen molar-refractivity contribution in [3.05, 3.63) is 5.92 Å². The summed E-state index contributed by atoms with van der Waals surface area (Å²) >= 11 is 0. The summed E-state index contributed by atoms with van der Waals surface area (Å²) in [6.07, 6.45) is 3.68. The smallest absolute Gasteiger partial charge is 0.132 e. The SMILES string of the molecule is C[C]1CCC(=O)CC1. The Labute approximate surface area is 50.1 Å². The quantitative estimate of drug-likeness (QED) is 0.465. The number of hydrogen-bond donors (Lipinski definition) is 0. The van der Waals surface area contributed by atoms with Crippen LogP contribution < -0.4 is 0 Å². The molecule has 1 fully saturated rings. The first-order chi connectivity index (χ1) is 3.79. The lowest BCUT2D eigenvalue weighted by Crippen LogP contribution is -2.08. The Balaban J connectivity index is 2.29. The van der Waals surface area contributed by atoms with Crippen molar-refractivity contribution in [2.24, 2.45) is 0 Å². The van der Waals surface area contributed by atoms with Crippen molar-refractivity contribution in [1.29, 1.82) is 0 Å². The molecule has 8 heavy (non-hydrogen) atoms. The van der Waals surface area contributed by atoms with E-state index in [2.05, 4.69) is 6.92 Å². The van der Waals surface area contributed by atoms with Gasteiger partial charge in [-0.25, -0.2) is 0 Å². The second kappa shape index (κ2) is 2.29. The maximum atomic E-state index is 10.6. The highest BCUT2D eigenvalue weighted by atomic mass is 16.1. The zero-order valence-corrected chi connectivity index (χ0v) is 5.24. The van der Waals surface area contributed by atoms with Gasteiger partial charge in [-0.15, -0.1) is 0 Å². The molecule has 1 nitrogen and oxygen atoms in total. The summed E-state index contributed by atoms with van der Waals surface area (Å²) < 4.78 is 0. The molecule has 0 aromatic rings. The Morgan fingerprint density at radius 1 is 1.12 bits per heavy atom. The van der Waals surface area contributed by atoms with Crippen LogP contribution in [0.25, 0.3) is 0 Å². The maximum absolute atomic E-state index is 10.6. The van der Waals surface area contributed by atoms with Gasteiger partial charge in [0.2, 0.25) is 0 Å². The number of carbonyl (C=O) groups is 1. The first-order valence-electron chi connectivity index (χ1n) is 3.12. The minimum atomic E-state index is 0.440. The van der Waals surface area contributed by atoms with E-state index in [4.69, 9.17) is 0 Å². The van der Waals surface area contributed by atoms with Crippen LogP contribution >= 0.6 is 0 Å². The van der Waals surface area contributed by atoms with Crippen LogP contribution in [0, 0.1) is 5.92 Å². The van der Waals surface area contributed by atoms with E-state index in [1.165, 1.54) is 5.92 Å². The molecule has 0 aliphatic heterocycles. The van der Waals surface area contributed by atoms with Gasteiger partial charge >= 0.3 is 0 Å². The van der Waals surface area contributed by atoms with E-state index in [-0.39, 0.29) is 0 Å². The van der Waals surface area contributed by atoms with Crippen molar-refractivity contribution in [2.45, 2.75) is 32.6 Å². The summed E-state index contributed by atoms with van der Waals surface area (Å²) in [6.45, 7) is 2.13. The van der Waals surface area contributed by atoms with Crippen LogP contribution in [0.3, 0.4) is 0 Å². The van der Waals surface area contributed by atoms with E-state index < -0.39 is 0 Å². The van der Waals surface area contributed by atoms with E-state index in [1.807, 2.05) is 0 Å². The normalized spacial score (nSPS) is 23.9. The lowest BCUT2D eigenvalue weighted by atomic mass is 9.90. The second-order valence-corrected chi connectivity index (χ2v) is 2.50. The summed E-state index contributed by atoms with van der Waals surface area (Å²) in [5, 5.41) is 0. The molecule has 0 aromatic carbocycles. The van der Waals surface area contributed by atoms with Crippen LogP contribution in [0.4, 0.5) is 0 Å². The molecule has 0 N–H and O–H groups in total. The molecular formula is C7H11O. The van der Waals surface area contributed by atoms with Gasteiger partial charge in [-0.1, -0.05) is 6.92 Å². The Kier molecular flexibility index (Phi) is 1.66. The van der Waals surface area contributed by atoms with Crippen LogP contribution in [0.15, 0.2) is 0 Å². The highest BCUT2D eigenvalue weighted by molar-refractivity contribution is 5.79. The van der Waals surface area contributed by atoms with Gasteiger partial charge in [0, 0.05) is 12.8 Å². The van der Waals surface area contributed by atoms with E-state index in [0.29, 0.717) is 5.78 Å². The third kappa shape index (κ3) is 1.32. The molecule has 45 valence electrons. The Bertz CT molecular complexity index is 86.6. The zero-order valence-electron chi connectivity index (χ0n) is 5.24. The fourth-order valence-corrected chi connectivity index (χ4v) is 0.956. The van der Waals surface area contributed by atoms with Crippen LogP contribution in [0.1, 0.15) is 32.6 Å². The monoisotopic (exact) mass is 111 g/mol. The molecule has 0 aromatic heterocycles. The van der Waals surface area contributed by atoms with Gasteiger partial charge in [-0.3, -0.25) is 4.79 Å². The highest BCUT2D eigenvalue weighted by Gasteiger charge is 2.13. The molecule has 0 bridgehead atoms. The average molecular weight is 111 g/mol. The molecule has 1 rings (SSSR count). The molecule has 1 aliphatic rings. The Hall–Kier alpha value is -0.330. The molecule has 1 heteroatoms. The summed E-state index contributed by atoms with van der Waals surface area (Å²) in [6, 6.07) is 0. The minimum Gasteiger partial charge on any atom is -0.300 e. The molecule has 0 atom stereocenters. The van der Waals surface area contributed by atoms with Crippen molar-refractivity contribution < 1.29 is 4.79 Å². The molecular weight excluding hydrogens is 100 g/mol. The van der Waals surface area contributed by atoms with Crippen molar-refractivity contribution in [3.63, 3.8) is 0 Å². The summed E-state index contributed by atoms with van der Waals surface area (Å²) in [4.78, 5) is 10.6. The standard InChI is InChI=1S/C7H11O/c1-6-2-4-7(8)5-3-6/h2-5H2,1H3. The van der Waals surface area contributed by atoms with Crippen LogP contribution in [-0.2, 0) is 4.79 Å². The number of ketones is 1. The van der Waals surface area contributed by atoms with Crippen LogP contribution in [-0.4, -0.2) is 5.78 Å². The maximum Gasteiger partial charge on any atom is 0.132 e. The lowest BCUT2D eigenvalue weighted by Gasteiger charge is -2.14. The van der Waals surface area contributed by atoms with Gasteiger partial charge in [-0.2, -0.15) is 0 Å². The predicted octanol–water partition coefficient (Wildman–Crippen LogP) is 1.72. The number of carbonyl (C=O) groups excluding carboxylic acids is 1. The molecule has 1 radical (unpaired) electrons. The number of hydrogen-bond acceptors (Lipinski definition) is 1. The summed E-state index contributed by atoms with van der Waals surface area (Å²) in [7, 11) is 0. The molecule has 1 aliphatic carbocycles. The van der Waals surface area contributed by atoms with Gasteiger partial charge in [0.15, 0.2) is 0 Å². The van der Waals surface area contributed by atoms with E-state index >= 15 is 0 Å². The Morgan fingerprint density at radius 2 is 1.62 bits per heavy atom. The summed E-state index contributed by atoms with van der Waals surface area (Å²) in [5.74, 6) is 1.93. The Morgan fingerprint density at radius 3 is 2.00 bits per heavy atom. The van der Waals surface area contributed by atoms with Gasteiger partial charge in [-0.05, 0) is 18.8 Å². The van der Waals surface area contributed by atoms with Gasteiger partial charge in [0.1, 0.15) is 5.78 Å². The molecule has 1 saturated carbocycles. The summed E-state index contributed by atoms with van der Waals surface area (Å²) in [5.41, 5.74) is 0. The van der Waals surface area contributed by atoms with Crippen molar-refractivity contribution >= 4 is 5.78 Å². The highest BCUT2D eigenvalue weighted by Crippen LogP contribution is 2.21. The van der Waals surface area contributed by atoms with E-state index in [9.17, 15) is 4.79 Å². The molecule has 0 saturated heterocycles. The van der Waals surface area contributed by atoms with Gasteiger partial charge in [0.25, 0.3) is 0 Å². The van der Waals surface area contributed by atoms with Crippen molar-refractivity contribution in [1.82, 2.24) is 0 Å². The average Bonchev–Trinajstić information content (AvgIpc) is 1.77. The first kappa shape index (κ1) is 5.80. The lowest BCUT2D eigenvalue weighted by molar-refractivity contribution is -0.119. The van der Waals surface area contributed by atoms with Crippen molar-refractivity contribution in [2.75, 3.05) is 0 Å². The minimum absolute atomic E-state index is 0.440. The largest absolute Gasteiger partial charge is 0.300 e. The van der Waals surface area contributed by atoms with Crippen LogP contribution in [0.5, 0.6) is 0 Å². The van der Waals surface area contributed by atoms with E-state index in [1.54, 1.807) is 0 Å². The molecule has 0 amide bonds. The molecule has 0 unspecified atom stereocenters. The van der Waals surface area contributed by atoms with E-state index in [0.717, 1.165) is 25.7 Å². The second-order valence-electron chi connectivity index (χ2n) is 2.50. The fourth-order valence-electron chi connectivity index (χ4n) is 0.956. The molecule has 0 heterocycles. The first-order valence-corrected chi connectivity index (χ1v) is 3.12. The topological polar surface area (TPSA) is 17.1 Å². The van der Waals surface area contributed by atoms with Crippen LogP contribution in [0.2, 0.25) is 0 Å². The number of Topliss-reactive ketones (excluding diaryl/α,β-unsaturated/α-hetero) is 1. The third-order valence-electron chi connectivity index (χ3n) is 1.66.